The molecule has 1 rings (SSSR count). The predicted octanol–water partition coefficient (Wildman–Crippen LogP) is 1.80. The van der Waals surface area contributed by atoms with Crippen molar-refractivity contribution in [3.05, 3.63) is 35.4 Å². The lowest BCUT2D eigenvalue weighted by Gasteiger charge is -2.20. The molecule has 0 atom stereocenters. The maximum absolute atomic E-state index is 12.6. The van der Waals surface area contributed by atoms with Gasteiger partial charge in [-0.1, -0.05) is 12.1 Å². The minimum absolute atomic E-state index is 0.0279. The fraction of sp³-hybridized carbons (Fsp3) is 0.385. The SMILES string of the molecule is COCCN(CC(=O)O)C(=O)c1cccc(C(F)F)c1. The predicted molar refractivity (Wildman–Crippen MR) is 66.8 cm³/mol. The number of ether oxygens (including phenoxy) is 1. The molecule has 1 N–H and O–H groups in total. The van der Waals surface area contributed by atoms with Crippen LogP contribution in [0, 0.1) is 0 Å². The van der Waals surface area contributed by atoms with E-state index in [-0.39, 0.29) is 24.3 Å². The quantitative estimate of drug-likeness (QED) is 0.830. The summed E-state index contributed by atoms with van der Waals surface area (Å²) in [5, 5.41) is 8.77. The Kier molecular flexibility index (Phi) is 6.05. The van der Waals surface area contributed by atoms with Crippen LogP contribution < -0.4 is 0 Å². The normalized spacial score (nSPS) is 10.6. The van der Waals surface area contributed by atoms with E-state index < -0.39 is 24.8 Å². The van der Waals surface area contributed by atoms with Gasteiger partial charge in [0.15, 0.2) is 0 Å². The third-order valence-electron chi connectivity index (χ3n) is 2.56. The van der Waals surface area contributed by atoms with E-state index in [0.29, 0.717) is 0 Å². The van der Waals surface area contributed by atoms with E-state index >= 15 is 0 Å². The van der Waals surface area contributed by atoms with Crippen molar-refractivity contribution in [2.75, 3.05) is 26.8 Å². The number of hydrogen-bond acceptors (Lipinski definition) is 3. The molecule has 0 saturated heterocycles. The average molecular weight is 287 g/mol. The van der Waals surface area contributed by atoms with Gasteiger partial charge in [-0.05, 0) is 12.1 Å². The minimum Gasteiger partial charge on any atom is -0.480 e. The Bertz CT molecular complexity index is 479. The van der Waals surface area contributed by atoms with E-state index in [0.717, 1.165) is 11.0 Å². The van der Waals surface area contributed by atoms with E-state index in [2.05, 4.69) is 0 Å². The minimum atomic E-state index is -2.69. The fourth-order valence-electron chi connectivity index (χ4n) is 1.61. The zero-order valence-electron chi connectivity index (χ0n) is 10.9. The summed E-state index contributed by atoms with van der Waals surface area (Å²) in [4.78, 5) is 23.9. The number of aliphatic carboxylic acids is 1. The van der Waals surface area contributed by atoms with Crippen LogP contribution in [0.2, 0.25) is 0 Å². The molecule has 0 aliphatic carbocycles. The average Bonchev–Trinajstić information content (AvgIpc) is 2.42. The molecule has 0 saturated carbocycles. The van der Waals surface area contributed by atoms with Crippen molar-refractivity contribution < 1.29 is 28.2 Å². The highest BCUT2D eigenvalue weighted by Gasteiger charge is 2.19. The molecule has 0 unspecified atom stereocenters. The molecule has 0 spiro atoms. The van der Waals surface area contributed by atoms with E-state index in [4.69, 9.17) is 9.84 Å². The Morgan fingerprint density at radius 1 is 1.40 bits per heavy atom. The van der Waals surface area contributed by atoms with Gasteiger partial charge in [0.05, 0.1) is 6.61 Å². The van der Waals surface area contributed by atoms with Crippen molar-refractivity contribution >= 4 is 11.9 Å². The molecule has 110 valence electrons. The maximum atomic E-state index is 12.6. The topological polar surface area (TPSA) is 66.8 Å². The summed E-state index contributed by atoms with van der Waals surface area (Å²) < 4.78 is 30.0. The van der Waals surface area contributed by atoms with Crippen molar-refractivity contribution in [2.24, 2.45) is 0 Å². The van der Waals surface area contributed by atoms with E-state index in [1.54, 1.807) is 0 Å². The van der Waals surface area contributed by atoms with Crippen LogP contribution in [0.1, 0.15) is 22.3 Å². The van der Waals surface area contributed by atoms with Gasteiger partial charge in [-0.25, -0.2) is 8.78 Å². The van der Waals surface area contributed by atoms with E-state index in [9.17, 15) is 18.4 Å². The Morgan fingerprint density at radius 3 is 2.65 bits per heavy atom. The van der Waals surface area contributed by atoms with Crippen LogP contribution in [0.25, 0.3) is 0 Å². The summed E-state index contributed by atoms with van der Waals surface area (Å²) in [6, 6.07) is 4.98. The van der Waals surface area contributed by atoms with Crippen LogP contribution in [0.3, 0.4) is 0 Å². The third kappa shape index (κ3) is 4.58. The van der Waals surface area contributed by atoms with Crippen LogP contribution in [0.4, 0.5) is 8.78 Å². The van der Waals surface area contributed by atoms with Gasteiger partial charge in [0.2, 0.25) is 0 Å². The number of amides is 1. The number of hydrogen-bond donors (Lipinski definition) is 1. The van der Waals surface area contributed by atoms with Crippen molar-refractivity contribution in [3.63, 3.8) is 0 Å². The summed E-state index contributed by atoms with van der Waals surface area (Å²) in [5.74, 6) is -1.80. The Labute approximate surface area is 114 Å². The molecule has 0 aromatic heterocycles. The van der Waals surface area contributed by atoms with Crippen molar-refractivity contribution in [2.45, 2.75) is 6.43 Å². The van der Waals surface area contributed by atoms with Crippen LogP contribution in [-0.4, -0.2) is 48.7 Å². The number of methoxy groups -OCH3 is 1. The highest BCUT2D eigenvalue weighted by Crippen LogP contribution is 2.20. The van der Waals surface area contributed by atoms with Gasteiger partial charge in [-0.15, -0.1) is 0 Å². The first-order valence-electron chi connectivity index (χ1n) is 5.83. The first kappa shape index (κ1) is 16.0. The Morgan fingerprint density at radius 2 is 2.10 bits per heavy atom. The molecule has 20 heavy (non-hydrogen) atoms. The standard InChI is InChI=1S/C13H15F2NO4/c1-20-6-5-16(8-11(17)18)13(19)10-4-2-3-9(7-10)12(14)15/h2-4,7,12H,5-6,8H2,1H3,(H,17,18). The first-order valence-corrected chi connectivity index (χ1v) is 5.83. The number of carbonyl (C=O) groups is 2. The molecule has 0 bridgehead atoms. The van der Waals surface area contributed by atoms with Crippen LogP contribution in [-0.2, 0) is 9.53 Å². The summed E-state index contributed by atoms with van der Waals surface area (Å²) in [6.07, 6.45) is -2.69. The van der Waals surface area contributed by atoms with Crippen LogP contribution in [0.5, 0.6) is 0 Å². The largest absolute Gasteiger partial charge is 0.480 e. The highest BCUT2D eigenvalue weighted by atomic mass is 19.3. The second kappa shape index (κ2) is 7.54. The number of carbonyl (C=O) groups excluding carboxylic acids is 1. The van der Waals surface area contributed by atoms with Gasteiger partial charge in [0.25, 0.3) is 12.3 Å². The molecule has 0 radical (unpaired) electrons. The fourth-order valence-corrected chi connectivity index (χ4v) is 1.61. The molecule has 5 nitrogen and oxygen atoms in total. The Balaban J connectivity index is 2.92. The first-order chi connectivity index (χ1) is 9.45. The smallest absolute Gasteiger partial charge is 0.323 e. The molecule has 1 aromatic rings. The van der Waals surface area contributed by atoms with Gasteiger partial charge in [-0.3, -0.25) is 9.59 Å². The van der Waals surface area contributed by atoms with E-state index in [1.807, 2.05) is 0 Å². The van der Waals surface area contributed by atoms with E-state index in [1.165, 1.54) is 25.3 Å². The molecule has 0 fully saturated rings. The van der Waals surface area contributed by atoms with Gasteiger partial charge in [0.1, 0.15) is 6.54 Å². The van der Waals surface area contributed by atoms with Crippen molar-refractivity contribution in [1.82, 2.24) is 4.90 Å². The number of carboxylic acids is 1. The number of benzene rings is 1. The molecular weight excluding hydrogens is 272 g/mol. The lowest BCUT2D eigenvalue weighted by molar-refractivity contribution is -0.137. The zero-order valence-corrected chi connectivity index (χ0v) is 10.9. The molecule has 1 aromatic carbocycles. The van der Waals surface area contributed by atoms with Crippen LogP contribution >= 0.6 is 0 Å². The number of carboxylic acid groups (broad SMARTS) is 1. The molecule has 0 heterocycles. The summed E-state index contributed by atoms with van der Waals surface area (Å²) in [7, 11) is 1.42. The van der Waals surface area contributed by atoms with Gasteiger partial charge < -0.3 is 14.7 Å². The number of rotatable bonds is 7. The second-order valence-corrected chi connectivity index (χ2v) is 4.04. The lowest BCUT2D eigenvalue weighted by atomic mass is 10.1. The molecule has 0 aliphatic rings. The third-order valence-corrected chi connectivity index (χ3v) is 2.56. The van der Waals surface area contributed by atoms with Crippen LogP contribution in [0.15, 0.2) is 24.3 Å². The molecular formula is C13H15F2NO4. The van der Waals surface area contributed by atoms with Crippen molar-refractivity contribution in [1.29, 1.82) is 0 Å². The number of alkyl halides is 2. The Hall–Kier alpha value is -2.02. The monoisotopic (exact) mass is 287 g/mol. The van der Waals surface area contributed by atoms with Gasteiger partial charge >= 0.3 is 5.97 Å². The molecule has 1 amide bonds. The number of nitrogens with zero attached hydrogens (tertiary/aromatic N) is 1. The van der Waals surface area contributed by atoms with Crippen molar-refractivity contribution in [3.8, 4) is 0 Å². The zero-order chi connectivity index (χ0) is 15.1. The summed E-state index contributed by atoms with van der Waals surface area (Å²) in [6.45, 7) is -0.283. The summed E-state index contributed by atoms with van der Waals surface area (Å²) in [5.41, 5.74) is -0.252. The second-order valence-electron chi connectivity index (χ2n) is 4.04. The number of halogens is 2. The summed E-state index contributed by atoms with van der Waals surface area (Å²) >= 11 is 0. The highest BCUT2D eigenvalue weighted by molar-refractivity contribution is 5.96. The van der Waals surface area contributed by atoms with Gasteiger partial charge in [-0.2, -0.15) is 0 Å². The molecule has 0 aliphatic heterocycles. The molecule has 7 heteroatoms. The van der Waals surface area contributed by atoms with Gasteiger partial charge in [0, 0.05) is 24.8 Å². The maximum Gasteiger partial charge on any atom is 0.323 e. The lowest BCUT2D eigenvalue weighted by Crippen LogP contribution is -2.38.